The first-order chi connectivity index (χ1) is 15.5. The van der Waals surface area contributed by atoms with Gasteiger partial charge < -0.3 is 19.0 Å². The summed E-state index contributed by atoms with van der Waals surface area (Å²) in [4.78, 5) is 28.6. The van der Waals surface area contributed by atoms with Crippen molar-refractivity contribution in [2.75, 3.05) is 19.1 Å². The maximum atomic E-state index is 13.6. The number of carbonyl (C=O) groups excluding carboxylic acids is 1. The highest BCUT2D eigenvalue weighted by Gasteiger charge is 2.44. The van der Waals surface area contributed by atoms with Crippen LogP contribution in [0.5, 0.6) is 17.2 Å². The van der Waals surface area contributed by atoms with Gasteiger partial charge in [-0.25, -0.2) is 0 Å². The number of phenolic OH excluding ortho intramolecular Hbond substituents is 1. The molecule has 0 bridgehead atoms. The number of para-hydroxylation sites is 1. The first-order valence-corrected chi connectivity index (χ1v) is 9.93. The maximum Gasteiger partial charge on any atom is 0.295 e. The number of rotatable bonds is 4. The molecule has 1 aliphatic rings. The third-order valence-electron chi connectivity index (χ3n) is 5.63. The van der Waals surface area contributed by atoms with Crippen molar-refractivity contribution < 1.29 is 23.8 Å². The fourth-order valence-corrected chi connectivity index (χ4v) is 4.13. The summed E-state index contributed by atoms with van der Waals surface area (Å²) in [5.41, 5.74) is 1.44. The number of fused-ring (bicyclic) bond motifs is 2. The standard InChI is InChI=1S/C25H19NO6/c1-30-16-7-5-6-15(13-16)26-22(14-10-11-18(27)20(12-14)31-2)21-23(28)17-8-3-4-9-19(17)32-24(21)25(26)29/h3-13,22,27H,1-2H3. The van der Waals surface area contributed by atoms with Crippen molar-refractivity contribution in [1.82, 2.24) is 0 Å². The molecule has 5 rings (SSSR count). The van der Waals surface area contributed by atoms with E-state index in [-0.39, 0.29) is 28.3 Å². The zero-order valence-corrected chi connectivity index (χ0v) is 17.4. The first-order valence-electron chi connectivity index (χ1n) is 9.93. The van der Waals surface area contributed by atoms with E-state index in [0.717, 1.165) is 0 Å². The van der Waals surface area contributed by atoms with Gasteiger partial charge in [-0.15, -0.1) is 0 Å². The molecule has 32 heavy (non-hydrogen) atoms. The van der Waals surface area contributed by atoms with Gasteiger partial charge in [-0.05, 0) is 42.0 Å². The summed E-state index contributed by atoms with van der Waals surface area (Å²) in [7, 11) is 2.98. The zero-order chi connectivity index (χ0) is 22.4. The van der Waals surface area contributed by atoms with Crippen LogP contribution in [0.3, 0.4) is 0 Å². The van der Waals surface area contributed by atoms with Gasteiger partial charge in [-0.3, -0.25) is 14.5 Å². The van der Waals surface area contributed by atoms with E-state index in [1.807, 2.05) is 0 Å². The molecule has 0 radical (unpaired) electrons. The summed E-state index contributed by atoms with van der Waals surface area (Å²) >= 11 is 0. The Hall–Kier alpha value is -4.26. The van der Waals surface area contributed by atoms with E-state index in [0.29, 0.717) is 28.0 Å². The highest BCUT2D eigenvalue weighted by molar-refractivity contribution is 6.10. The highest BCUT2D eigenvalue weighted by Crippen LogP contribution is 2.43. The second kappa shape index (κ2) is 7.46. The summed E-state index contributed by atoms with van der Waals surface area (Å²) in [5.74, 6) is 0.317. The lowest BCUT2D eigenvalue weighted by Gasteiger charge is -2.26. The molecule has 1 aliphatic heterocycles. The second-order valence-electron chi connectivity index (χ2n) is 7.38. The van der Waals surface area contributed by atoms with E-state index in [9.17, 15) is 14.7 Å². The molecule has 0 saturated heterocycles. The lowest BCUT2D eigenvalue weighted by Crippen LogP contribution is -2.29. The van der Waals surface area contributed by atoms with Gasteiger partial charge in [0.15, 0.2) is 16.9 Å². The smallest absolute Gasteiger partial charge is 0.295 e. The molecular formula is C25H19NO6. The minimum atomic E-state index is -0.778. The Balaban J connectivity index is 1.81. The number of phenols is 1. The van der Waals surface area contributed by atoms with Gasteiger partial charge in [0.25, 0.3) is 5.91 Å². The van der Waals surface area contributed by atoms with Crippen molar-refractivity contribution in [3.8, 4) is 17.2 Å². The number of methoxy groups -OCH3 is 2. The normalized spacial score (nSPS) is 15.1. The minimum absolute atomic E-state index is 0.00596. The number of aromatic hydroxyl groups is 1. The third-order valence-corrected chi connectivity index (χ3v) is 5.63. The van der Waals surface area contributed by atoms with E-state index >= 15 is 0 Å². The molecule has 0 spiro atoms. The van der Waals surface area contributed by atoms with Crippen LogP contribution in [0.1, 0.15) is 27.7 Å². The summed E-state index contributed by atoms with van der Waals surface area (Å²) < 4.78 is 16.5. The van der Waals surface area contributed by atoms with Gasteiger partial charge in [0.2, 0.25) is 5.76 Å². The predicted molar refractivity (Wildman–Crippen MR) is 119 cm³/mol. The molecule has 1 amide bonds. The molecule has 2 heterocycles. The topological polar surface area (TPSA) is 89.2 Å². The maximum absolute atomic E-state index is 13.6. The number of ether oxygens (including phenoxy) is 2. The molecule has 1 unspecified atom stereocenters. The molecule has 7 nitrogen and oxygen atoms in total. The van der Waals surface area contributed by atoms with E-state index in [1.165, 1.54) is 18.1 Å². The average Bonchev–Trinajstić information content (AvgIpc) is 3.12. The van der Waals surface area contributed by atoms with Crippen LogP contribution in [0.15, 0.2) is 75.9 Å². The molecule has 4 aromatic rings. The van der Waals surface area contributed by atoms with Crippen molar-refractivity contribution in [1.29, 1.82) is 0 Å². The Labute approximate surface area is 183 Å². The number of hydrogen-bond acceptors (Lipinski definition) is 6. The Morgan fingerprint density at radius 2 is 1.75 bits per heavy atom. The van der Waals surface area contributed by atoms with Crippen molar-refractivity contribution in [3.05, 3.63) is 93.8 Å². The molecular weight excluding hydrogens is 410 g/mol. The van der Waals surface area contributed by atoms with E-state index < -0.39 is 11.9 Å². The molecule has 0 aliphatic carbocycles. The van der Waals surface area contributed by atoms with Gasteiger partial charge in [0.05, 0.1) is 31.2 Å². The summed E-state index contributed by atoms with van der Waals surface area (Å²) in [6, 6.07) is 17.8. The molecule has 3 aromatic carbocycles. The van der Waals surface area contributed by atoms with E-state index in [2.05, 4.69) is 0 Å². The average molecular weight is 429 g/mol. The second-order valence-corrected chi connectivity index (χ2v) is 7.38. The van der Waals surface area contributed by atoms with Crippen LogP contribution in [0.4, 0.5) is 5.69 Å². The van der Waals surface area contributed by atoms with Gasteiger partial charge in [-0.1, -0.05) is 24.3 Å². The third kappa shape index (κ3) is 2.90. The molecule has 0 saturated carbocycles. The quantitative estimate of drug-likeness (QED) is 0.521. The van der Waals surface area contributed by atoms with Gasteiger partial charge in [0, 0.05) is 11.8 Å². The minimum Gasteiger partial charge on any atom is -0.504 e. The molecule has 160 valence electrons. The Bertz CT molecular complexity index is 1420. The van der Waals surface area contributed by atoms with Gasteiger partial charge in [-0.2, -0.15) is 0 Å². The molecule has 1 atom stereocenters. The summed E-state index contributed by atoms with van der Waals surface area (Å²) in [6.07, 6.45) is 0. The SMILES string of the molecule is COc1cccc(N2C(=O)c3oc4ccccc4c(=O)c3C2c2ccc(O)c(OC)c2)c1. The fourth-order valence-electron chi connectivity index (χ4n) is 4.13. The van der Waals surface area contributed by atoms with E-state index in [1.54, 1.807) is 67.8 Å². The van der Waals surface area contributed by atoms with Gasteiger partial charge in [0.1, 0.15) is 11.3 Å². The number of hydrogen-bond donors (Lipinski definition) is 1. The Kier molecular flexibility index (Phi) is 4.59. The Morgan fingerprint density at radius 1 is 0.938 bits per heavy atom. The first kappa shape index (κ1) is 19.7. The fraction of sp³-hybridized carbons (Fsp3) is 0.120. The molecule has 7 heteroatoms. The number of amides is 1. The highest BCUT2D eigenvalue weighted by atomic mass is 16.5. The van der Waals surface area contributed by atoms with Gasteiger partial charge >= 0.3 is 0 Å². The van der Waals surface area contributed by atoms with Crippen LogP contribution in [0.25, 0.3) is 11.0 Å². The lowest BCUT2D eigenvalue weighted by atomic mass is 9.97. The van der Waals surface area contributed by atoms with Crippen LogP contribution in [0, 0.1) is 0 Å². The largest absolute Gasteiger partial charge is 0.504 e. The summed E-state index contributed by atoms with van der Waals surface area (Å²) in [6.45, 7) is 0. The molecule has 0 fully saturated rings. The van der Waals surface area contributed by atoms with Crippen LogP contribution in [-0.2, 0) is 0 Å². The lowest BCUT2D eigenvalue weighted by molar-refractivity contribution is 0.0971. The Morgan fingerprint density at radius 3 is 2.53 bits per heavy atom. The van der Waals surface area contributed by atoms with Crippen LogP contribution < -0.4 is 19.8 Å². The molecule has 1 N–H and O–H groups in total. The van der Waals surface area contributed by atoms with Crippen LogP contribution >= 0.6 is 0 Å². The monoisotopic (exact) mass is 429 g/mol. The molecule has 1 aromatic heterocycles. The van der Waals surface area contributed by atoms with Crippen LogP contribution in [-0.4, -0.2) is 25.2 Å². The number of anilines is 1. The van der Waals surface area contributed by atoms with E-state index in [4.69, 9.17) is 13.9 Å². The van der Waals surface area contributed by atoms with Crippen molar-refractivity contribution in [2.24, 2.45) is 0 Å². The van der Waals surface area contributed by atoms with Crippen molar-refractivity contribution in [2.45, 2.75) is 6.04 Å². The van der Waals surface area contributed by atoms with Crippen molar-refractivity contribution >= 4 is 22.6 Å². The van der Waals surface area contributed by atoms with Crippen LogP contribution in [0.2, 0.25) is 0 Å². The van der Waals surface area contributed by atoms with Crippen molar-refractivity contribution in [3.63, 3.8) is 0 Å². The zero-order valence-electron chi connectivity index (χ0n) is 17.4. The number of nitrogens with zero attached hydrogens (tertiary/aromatic N) is 1. The number of benzene rings is 3. The predicted octanol–water partition coefficient (Wildman–Crippen LogP) is 4.27. The summed E-state index contributed by atoms with van der Waals surface area (Å²) in [5, 5.41) is 10.5. The number of carbonyl (C=O) groups is 1.